The molecule has 0 spiro atoms. The van der Waals surface area contributed by atoms with Crippen molar-refractivity contribution in [1.82, 2.24) is 0 Å². The Balaban J connectivity index is 2.41. The van der Waals surface area contributed by atoms with E-state index in [9.17, 15) is 14.4 Å². The standard InChI is InChI=1S/C15H20O5/c1-4-10-9-14(12(17)19-5-2)7-8-15(10,11(14)16)13(18)20-6-3/h4,10H,1,5-9H2,2-3H3/t10-,14-,15+/m0/s1. The quantitative estimate of drug-likeness (QED) is 0.435. The molecule has 20 heavy (non-hydrogen) atoms. The fourth-order valence-electron chi connectivity index (χ4n) is 3.60. The molecule has 2 bridgehead atoms. The number of carbonyl (C=O) groups is 3. The highest BCUT2D eigenvalue weighted by Crippen LogP contribution is 2.62. The molecule has 2 fully saturated rings. The third-order valence-electron chi connectivity index (χ3n) is 4.58. The minimum atomic E-state index is -1.23. The molecule has 0 N–H and O–H groups in total. The zero-order valence-corrected chi connectivity index (χ0v) is 11.9. The van der Waals surface area contributed by atoms with Gasteiger partial charge >= 0.3 is 11.9 Å². The molecule has 110 valence electrons. The van der Waals surface area contributed by atoms with Crippen LogP contribution in [0.25, 0.3) is 0 Å². The fraction of sp³-hybridized carbons (Fsp3) is 0.667. The lowest BCUT2D eigenvalue weighted by Crippen LogP contribution is -2.41. The Labute approximate surface area is 118 Å². The average molecular weight is 280 g/mol. The highest BCUT2D eigenvalue weighted by atomic mass is 16.5. The van der Waals surface area contributed by atoms with E-state index in [0.717, 1.165) is 0 Å². The van der Waals surface area contributed by atoms with Gasteiger partial charge in [0.2, 0.25) is 0 Å². The van der Waals surface area contributed by atoms with Gasteiger partial charge in [-0.3, -0.25) is 14.4 Å². The Bertz CT molecular complexity index is 469. The highest BCUT2D eigenvalue weighted by Gasteiger charge is 2.73. The third kappa shape index (κ3) is 1.65. The van der Waals surface area contributed by atoms with Gasteiger partial charge in [-0.05, 0) is 33.1 Å². The molecule has 0 aromatic rings. The first-order valence-electron chi connectivity index (χ1n) is 7.01. The van der Waals surface area contributed by atoms with Gasteiger partial charge in [0, 0.05) is 5.92 Å². The molecule has 2 aliphatic carbocycles. The first-order valence-corrected chi connectivity index (χ1v) is 7.01. The van der Waals surface area contributed by atoms with Crippen LogP contribution >= 0.6 is 0 Å². The van der Waals surface area contributed by atoms with Crippen LogP contribution in [0.2, 0.25) is 0 Å². The molecule has 2 aliphatic rings. The summed E-state index contributed by atoms with van der Waals surface area (Å²) < 4.78 is 10.1. The summed E-state index contributed by atoms with van der Waals surface area (Å²) in [6.07, 6.45) is 2.58. The zero-order chi connectivity index (χ0) is 15.0. The van der Waals surface area contributed by atoms with Crippen LogP contribution in [-0.2, 0) is 23.9 Å². The van der Waals surface area contributed by atoms with Crippen LogP contribution in [0.4, 0.5) is 0 Å². The first-order chi connectivity index (χ1) is 9.49. The number of ketones is 1. The Morgan fingerprint density at radius 1 is 1.25 bits per heavy atom. The number of hydrogen-bond donors (Lipinski definition) is 0. The zero-order valence-electron chi connectivity index (χ0n) is 11.9. The lowest BCUT2D eigenvalue weighted by molar-refractivity contribution is -0.161. The second-order valence-electron chi connectivity index (χ2n) is 5.37. The summed E-state index contributed by atoms with van der Waals surface area (Å²) >= 11 is 0. The molecule has 2 rings (SSSR count). The molecule has 0 unspecified atom stereocenters. The maximum absolute atomic E-state index is 12.8. The minimum Gasteiger partial charge on any atom is -0.465 e. The van der Waals surface area contributed by atoms with Gasteiger partial charge in [0.15, 0.2) is 5.78 Å². The van der Waals surface area contributed by atoms with Gasteiger partial charge in [-0.1, -0.05) is 6.08 Å². The molecule has 2 saturated carbocycles. The van der Waals surface area contributed by atoms with Gasteiger partial charge in [0.05, 0.1) is 13.2 Å². The van der Waals surface area contributed by atoms with Crippen molar-refractivity contribution in [3.05, 3.63) is 12.7 Å². The Morgan fingerprint density at radius 2 is 1.85 bits per heavy atom. The maximum Gasteiger partial charge on any atom is 0.320 e. The number of fused-ring (bicyclic) bond motifs is 2. The lowest BCUT2D eigenvalue weighted by Gasteiger charge is -2.29. The number of allylic oxidation sites excluding steroid dienone is 1. The van der Waals surface area contributed by atoms with E-state index in [-0.39, 0.29) is 24.9 Å². The van der Waals surface area contributed by atoms with Crippen LogP contribution in [0.15, 0.2) is 12.7 Å². The number of hydrogen-bond acceptors (Lipinski definition) is 5. The fourth-order valence-corrected chi connectivity index (χ4v) is 3.60. The van der Waals surface area contributed by atoms with Crippen molar-refractivity contribution >= 4 is 17.7 Å². The molecule has 5 heteroatoms. The topological polar surface area (TPSA) is 69.7 Å². The van der Waals surface area contributed by atoms with Gasteiger partial charge in [0.1, 0.15) is 10.8 Å². The lowest BCUT2D eigenvalue weighted by atomic mass is 9.73. The van der Waals surface area contributed by atoms with Crippen molar-refractivity contribution in [3.8, 4) is 0 Å². The van der Waals surface area contributed by atoms with Gasteiger partial charge in [-0.15, -0.1) is 6.58 Å². The van der Waals surface area contributed by atoms with Crippen LogP contribution in [0.3, 0.4) is 0 Å². The van der Waals surface area contributed by atoms with Crippen molar-refractivity contribution in [1.29, 1.82) is 0 Å². The predicted octanol–water partition coefficient (Wildman–Crippen LogP) is 1.65. The van der Waals surface area contributed by atoms with E-state index in [1.807, 2.05) is 0 Å². The molecule has 3 atom stereocenters. The van der Waals surface area contributed by atoms with E-state index in [0.29, 0.717) is 19.3 Å². The molecule has 5 nitrogen and oxygen atoms in total. The van der Waals surface area contributed by atoms with E-state index in [1.54, 1.807) is 19.9 Å². The normalized spacial score (nSPS) is 34.9. The number of rotatable bonds is 5. The van der Waals surface area contributed by atoms with Crippen molar-refractivity contribution in [2.75, 3.05) is 13.2 Å². The third-order valence-corrected chi connectivity index (χ3v) is 4.58. The second-order valence-corrected chi connectivity index (χ2v) is 5.37. The van der Waals surface area contributed by atoms with E-state index in [4.69, 9.17) is 9.47 Å². The van der Waals surface area contributed by atoms with Crippen LogP contribution in [0.5, 0.6) is 0 Å². The van der Waals surface area contributed by atoms with E-state index >= 15 is 0 Å². The van der Waals surface area contributed by atoms with Crippen molar-refractivity contribution in [2.45, 2.75) is 33.1 Å². The summed E-state index contributed by atoms with van der Waals surface area (Å²) in [5.41, 5.74) is -2.41. The van der Waals surface area contributed by atoms with Gasteiger partial charge in [-0.25, -0.2) is 0 Å². The van der Waals surface area contributed by atoms with E-state index in [1.165, 1.54) is 0 Å². The van der Waals surface area contributed by atoms with Crippen LogP contribution < -0.4 is 0 Å². The van der Waals surface area contributed by atoms with Gasteiger partial charge in [-0.2, -0.15) is 0 Å². The molecular weight excluding hydrogens is 260 g/mol. The van der Waals surface area contributed by atoms with Crippen LogP contribution in [0, 0.1) is 16.7 Å². The smallest absolute Gasteiger partial charge is 0.320 e. The van der Waals surface area contributed by atoms with Crippen LogP contribution in [0.1, 0.15) is 33.1 Å². The molecular formula is C15H20O5. The Kier molecular flexibility index (Phi) is 3.71. The molecule has 0 amide bonds. The van der Waals surface area contributed by atoms with Gasteiger partial charge < -0.3 is 9.47 Å². The van der Waals surface area contributed by atoms with Crippen molar-refractivity contribution < 1.29 is 23.9 Å². The largest absolute Gasteiger partial charge is 0.465 e. The maximum atomic E-state index is 12.8. The minimum absolute atomic E-state index is 0.212. The monoisotopic (exact) mass is 280 g/mol. The summed E-state index contributed by atoms with van der Waals surface area (Å²) in [6.45, 7) is 7.54. The number of esters is 2. The summed E-state index contributed by atoms with van der Waals surface area (Å²) in [7, 11) is 0. The van der Waals surface area contributed by atoms with Crippen molar-refractivity contribution in [3.63, 3.8) is 0 Å². The average Bonchev–Trinajstić information content (AvgIpc) is 2.87. The van der Waals surface area contributed by atoms with E-state index < -0.39 is 22.8 Å². The molecule has 0 aliphatic heterocycles. The molecule has 0 aromatic heterocycles. The summed E-state index contributed by atoms with van der Waals surface area (Å²) in [6, 6.07) is 0. The Hall–Kier alpha value is -1.65. The number of carbonyl (C=O) groups excluding carboxylic acids is 3. The first kappa shape index (κ1) is 14.8. The predicted molar refractivity (Wildman–Crippen MR) is 70.7 cm³/mol. The molecule has 0 saturated heterocycles. The SMILES string of the molecule is C=C[C@H]1C[C@@]2(C(=O)OCC)CC[C@]1(C(=O)OCC)C2=O. The molecule has 0 radical (unpaired) electrons. The van der Waals surface area contributed by atoms with E-state index in [2.05, 4.69) is 6.58 Å². The number of ether oxygens (including phenoxy) is 2. The number of Topliss-reactive ketones (excluding diaryl/α,β-unsaturated/α-hetero) is 1. The second kappa shape index (κ2) is 5.04. The summed E-state index contributed by atoms with van der Waals surface area (Å²) in [5.74, 6) is -1.74. The highest BCUT2D eigenvalue weighted by molar-refractivity contribution is 6.18. The van der Waals surface area contributed by atoms with Gasteiger partial charge in [0.25, 0.3) is 0 Å². The molecule has 0 heterocycles. The van der Waals surface area contributed by atoms with Crippen molar-refractivity contribution in [2.24, 2.45) is 16.7 Å². The summed E-state index contributed by atoms with van der Waals surface area (Å²) in [5, 5.41) is 0. The summed E-state index contributed by atoms with van der Waals surface area (Å²) in [4.78, 5) is 37.2. The van der Waals surface area contributed by atoms with Crippen LogP contribution in [-0.4, -0.2) is 30.9 Å². The Morgan fingerprint density at radius 3 is 2.40 bits per heavy atom. The molecule has 0 aromatic carbocycles.